The molecule has 0 aliphatic carbocycles. The van der Waals surface area contributed by atoms with E-state index in [9.17, 15) is 13.2 Å². The molecule has 0 aliphatic rings. The van der Waals surface area contributed by atoms with Crippen LogP contribution < -0.4 is 4.74 Å². The first-order valence-corrected chi connectivity index (χ1v) is 7.83. The number of hydrogen-bond acceptors (Lipinski definition) is 4. The van der Waals surface area contributed by atoms with Crippen molar-refractivity contribution in [2.75, 3.05) is 7.11 Å². The van der Waals surface area contributed by atoms with E-state index in [4.69, 9.17) is 17.0 Å². The molecule has 5 nitrogen and oxygen atoms in total. The molecule has 9 heteroatoms. The number of nitrogens with one attached hydrogen (secondary N) is 1. The smallest absolute Gasteiger partial charge is 0.416 e. The third kappa shape index (κ3) is 3.83. The van der Waals surface area contributed by atoms with Gasteiger partial charge in [-0.1, -0.05) is 24.3 Å². The first-order chi connectivity index (χ1) is 12.4. The number of aromatic nitrogens is 3. The summed E-state index contributed by atoms with van der Waals surface area (Å²) in [4.78, 5) is 0. The van der Waals surface area contributed by atoms with Crippen LogP contribution in [0.4, 0.5) is 13.2 Å². The molecule has 3 aromatic rings. The first kappa shape index (κ1) is 17.9. The maximum Gasteiger partial charge on any atom is 0.416 e. The van der Waals surface area contributed by atoms with E-state index in [0.29, 0.717) is 17.1 Å². The summed E-state index contributed by atoms with van der Waals surface area (Å²) in [5, 5.41) is 11.0. The number of benzene rings is 2. The molecule has 0 atom stereocenters. The number of alkyl halides is 3. The Morgan fingerprint density at radius 3 is 2.58 bits per heavy atom. The van der Waals surface area contributed by atoms with Gasteiger partial charge < -0.3 is 4.74 Å². The van der Waals surface area contributed by atoms with Crippen molar-refractivity contribution in [1.82, 2.24) is 14.9 Å². The van der Waals surface area contributed by atoms with Crippen LogP contribution in [0.2, 0.25) is 0 Å². The second kappa shape index (κ2) is 7.12. The summed E-state index contributed by atoms with van der Waals surface area (Å²) >= 11 is 5.17. The largest absolute Gasteiger partial charge is 0.497 e. The fourth-order valence-corrected chi connectivity index (χ4v) is 2.41. The zero-order valence-electron chi connectivity index (χ0n) is 13.5. The standard InChI is InChI=1S/C17H13F3N4OS/c1-25-14-4-2-3-12(9-14)15-22-23-16(26)24(15)21-10-11-5-7-13(8-6-11)17(18,19)20/h2-10H,1H3,(H,23,26)/b21-10+. The number of ether oxygens (including phenoxy) is 1. The van der Waals surface area contributed by atoms with E-state index in [0.717, 1.165) is 17.7 Å². The first-order valence-electron chi connectivity index (χ1n) is 7.42. The molecule has 26 heavy (non-hydrogen) atoms. The zero-order valence-corrected chi connectivity index (χ0v) is 14.3. The van der Waals surface area contributed by atoms with E-state index in [1.165, 1.54) is 23.0 Å². The second-order valence-electron chi connectivity index (χ2n) is 5.26. The van der Waals surface area contributed by atoms with Crippen molar-refractivity contribution < 1.29 is 17.9 Å². The third-order valence-electron chi connectivity index (χ3n) is 3.54. The highest BCUT2D eigenvalue weighted by Crippen LogP contribution is 2.29. The summed E-state index contributed by atoms with van der Waals surface area (Å²) in [6, 6.07) is 11.9. The maximum atomic E-state index is 12.6. The van der Waals surface area contributed by atoms with Crippen LogP contribution in [0.25, 0.3) is 11.4 Å². The molecule has 0 aliphatic heterocycles. The predicted octanol–water partition coefficient (Wildman–Crippen LogP) is 4.52. The summed E-state index contributed by atoms with van der Waals surface area (Å²) < 4.78 is 44.7. The Morgan fingerprint density at radius 1 is 1.19 bits per heavy atom. The Hall–Kier alpha value is -2.94. The van der Waals surface area contributed by atoms with E-state index in [1.54, 1.807) is 25.3 Å². The van der Waals surface area contributed by atoms with Crippen molar-refractivity contribution in [3.05, 3.63) is 64.4 Å². The highest BCUT2D eigenvalue weighted by Gasteiger charge is 2.29. The van der Waals surface area contributed by atoms with Gasteiger partial charge in [-0.25, -0.2) is 5.10 Å². The van der Waals surface area contributed by atoms with Crippen LogP contribution in [-0.2, 0) is 6.18 Å². The van der Waals surface area contributed by atoms with Gasteiger partial charge in [-0.05, 0) is 42.0 Å². The maximum absolute atomic E-state index is 12.6. The highest BCUT2D eigenvalue weighted by molar-refractivity contribution is 7.71. The number of aromatic amines is 1. The van der Waals surface area contributed by atoms with Gasteiger partial charge in [0.25, 0.3) is 0 Å². The number of nitrogens with zero attached hydrogens (tertiary/aromatic N) is 3. The lowest BCUT2D eigenvalue weighted by molar-refractivity contribution is -0.137. The van der Waals surface area contributed by atoms with Crippen LogP contribution >= 0.6 is 12.2 Å². The molecule has 1 N–H and O–H groups in total. The average Bonchev–Trinajstić information content (AvgIpc) is 3.00. The molecule has 0 saturated carbocycles. The molecule has 0 bridgehead atoms. The molecule has 0 spiro atoms. The summed E-state index contributed by atoms with van der Waals surface area (Å²) in [5.74, 6) is 1.10. The van der Waals surface area contributed by atoms with E-state index < -0.39 is 11.7 Å². The van der Waals surface area contributed by atoms with Crippen LogP contribution in [0.3, 0.4) is 0 Å². The van der Waals surface area contributed by atoms with Gasteiger partial charge in [0, 0.05) is 5.56 Å². The Kier molecular flexibility index (Phi) is 4.90. The predicted molar refractivity (Wildman–Crippen MR) is 93.8 cm³/mol. The van der Waals surface area contributed by atoms with Crippen LogP contribution in [0.15, 0.2) is 53.6 Å². The number of hydrogen-bond donors (Lipinski definition) is 1. The monoisotopic (exact) mass is 378 g/mol. The van der Waals surface area contributed by atoms with E-state index in [2.05, 4.69) is 15.3 Å². The molecular weight excluding hydrogens is 365 g/mol. The lowest BCUT2D eigenvalue weighted by atomic mass is 10.1. The molecule has 2 aromatic carbocycles. The number of methoxy groups -OCH3 is 1. The third-order valence-corrected chi connectivity index (χ3v) is 3.80. The molecule has 0 fully saturated rings. The average molecular weight is 378 g/mol. The molecule has 0 amide bonds. The minimum absolute atomic E-state index is 0.256. The SMILES string of the molecule is COc1cccc(-c2n[nH]c(=S)n2/N=C/c2ccc(C(F)(F)F)cc2)c1. The van der Waals surface area contributed by atoms with Crippen LogP contribution in [0.1, 0.15) is 11.1 Å². The van der Waals surface area contributed by atoms with Gasteiger partial charge in [-0.2, -0.15) is 28.0 Å². The summed E-state index contributed by atoms with van der Waals surface area (Å²) in [6.45, 7) is 0. The fraction of sp³-hybridized carbons (Fsp3) is 0.118. The topological polar surface area (TPSA) is 55.2 Å². The highest BCUT2D eigenvalue weighted by atomic mass is 32.1. The van der Waals surface area contributed by atoms with Gasteiger partial charge in [-0.3, -0.25) is 0 Å². The summed E-state index contributed by atoms with van der Waals surface area (Å²) in [7, 11) is 1.55. The molecular formula is C17H13F3N4OS. The molecule has 0 radical (unpaired) electrons. The number of halogens is 3. The summed E-state index contributed by atoms with van der Waals surface area (Å²) in [5.41, 5.74) is 0.505. The second-order valence-corrected chi connectivity index (χ2v) is 5.65. The normalized spacial score (nSPS) is 11.8. The van der Waals surface area contributed by atoms with Gasteiger partial charge in [0.05, 0.1) is 18.9 Å². The van der Waals surface area contributed by atoms with Crippen LogP contribution in [0.5, 0.6) is 5.75 Å². The van der Waals surface area contributed by atoms with E-state index in [-0.39, 0.29) is 4.77 Å². The van der Waals surface area contributed by atoms with Gasteiger partial charge in [-0.15, -0.1) is 0 Å². The van der Waals surface area contributed by atoms with Crippen molar-refractivity contribution in [1.29, 1.82) is 0 Å². The minimum Gasteiger partial charge on any atom is -0.497 e. The molecule has 0 unspecified atom stereocenters. The van der Waals surface area contributed by atoms with Gasteiger partial charge in [0.1, 0.15) is 5.75 Å². The van der Waals surface area contributed by atoms with Gasteiger partial charge in [0.2, 0.25) is 4.77 Å². The number of rotatable bonds is 4. The zero-order chi connectivity index (χ0) is 18.7. The van der Waals surface area contributed by atoms with Crippen LogP contribution in [-0.4, -0.2) is 28.2 Å². The fourth-order valence-electron chi connectivity index (χ4n) is 2.23. The van der Waals surface area contributed by atoms with Crippen molar-refractivity contribution in [3.8, 4) is 17.1 Å². The molecule has 1 heterocycles. The Morgan fingerprint density at radius 2 is 1.92 bits per heavy atom. The lowest BCUT2D eigenvalue weighted by Gasteiger charge is -2.06. The minimum atomic E-state index is -4.37. The quantitative estimate of drug-likeness (QED) is 0.537. The molecule has 0 saturated heterocycles. The van der Waals surface area contributed by atoms with Crippen molar-refractivity contribution in [2.24, 2.45) is 5.10 Å². The van der Waals surface area contributed by atoms with Crippen molar-refractivity contribution in [2.45, 2.75) is 6.18 Å². The Labute approximate surface area is 151 Å². The van der Waals surface area contributed by atoms with Crippen LogP contribution in [0, 0.1) is 4.77 Å². The Bertz CT molecular complexity index is 990. The Balaban J connectivity index is 1.92. The van der Waals surface area contributed by atoms with E-state index >= 15 is 0 Å². The van der Waals surface area contributed by atoms with Gasteiger partial charge in [0.15, 0.2) is 5.82 Å². The molecule has 3 rings (SSSR count). The van der Waals surface area contributed by atoms with Gasteiger partial charge >= 0.3 is 6.18 Å². The number of H-pyrrole nitrogens is 1. The van der Waals surface area contributed by atoms with E-state index in [1.807, 2.05) is 6.07 Å². The summed E-state index contributed by atoms with van der Waals surface area (Å²) in [6.07, 6.45) is -2.96. The molecule has 134 valence electrons. The molecule has 1 aromatic heterocycles. The lowest BCUT2D eigenvalue weighted by Crippen LogP contribution is -2.04. The van der Waals surface area contributed by atoms with Crippen molar-refractivity contribution >= 4 is 18.4 Å². The van der Waals surface area contributed by atoms with Crippen molar-refractivity contribution in [3.63, 3.8) is 0 Å².